The molecule has 0 bridgehead atoms. The maximum atomic E-state index is 11.8. The van der Waals surface area contributed by atoms with Crippen molar-refractivity contribution in [2.45, 2.75) is 30.0 Å². The van der Waals surface area contributed by atoms with E-state index >= 15 is 0 Å². The lowest BCUT2D eigenvalue weighted by molar-refractivity contribution is 0.496. The summed E-state index contributed by atoms with van der Waals surface area (Å²) in [5, 5.41) is 10.6. The highest BCUT2D eigenvalue weighted by atomic mass is 32.2. The van der Waals surface area contributed by atoms with Gasteiger partial charge in [0.2, 0.25) is 0 Å². The summed E-state index contributed by atoms with van der Waals surface area (Å²) in [6.45, 7) is 3.33. The minimum absolute atomic E-state index is 0.234. The molecule has 4 nitrogen and oxygen atoms in total. The second kappa shape index (κ2) is 4.31. The maximum absolute atomic E-state index is 11.8. The Labute approximate surface area is 93.6 Å². The highest BCUT2D eigenvalue weighted by Crippen LogP contribution is 2.19. The highest BCUT2D eigenvalue weighted by molar-refractivity contribution is 7.91. The van der Waals surface area contributed by atoms with Gasteiger partial charge in [-0.3, -0.25) is 0 Å². The Kier molecular flexibility index (Phi) is 3.50. The van der Waals surface area contributed by atoms with Gasteiger partial charge in [-0.15, -0.1) is 11.3 Å². The van der Waals surface area contributed by atoms with E-state index in [1.54, 1.807) is 25.3 Å². The van der Waals surface area contributed by atoms with Crippen LogP contribution in [0.1, 0.15) is 20.3 Å². The third kappa shape index (κ3) is 2.78. The number of nitriles is 1. The topological polar surface area (TPSA) is 70.0 Å². The van der Waals surface area contributed by atoms with Crippen molar-refractivity contribution in [2.75, 3.05) is 0 Å². The third-order valence-corrected chi connectivity index (χ3v) is 5.07. The van der Waals surface area contributed by atoms with Crippen molar-refractivity contribution in [2.24, 2.45) is 0 Å². The number of hydrogen-bond donors (Lipinski definition) is 1. The molecular weight excluding hydrogens is 232 g/mol. The summed E-state index contributed by atoms with van der Waals surface area (Å²) in [6, 6.07) is 5.14. The molecule has 15 heavy (non-hydrogen) atoms. The summed E-state index contributed by atoms with van der Waals surface area (Å²) in [6.07, 6.45) is 0.425. The van der Waals surface area contributed by atoms with Gasteiger partial charge in [-0.2, -0.15) is 9.98 Å². The zero-order valence-corrected chi connectivity index (χ0v) is 10.2. The van der Waals surface area contributed by atoms with Gasteiger partial charge >= 0.3 is 0 Å². The number of nitrogens with zero attached hydrogens (tertiary/aromatic N) is 1. The number of nitrogens with one attached hydrogen (secondary N) is 1. The van der Waals surface area contributed by atoms with Crippen LogP contribution in [0.15, 0.2) is 21.7 Å². The van der Waals surface area contributed by atoms with Crippen LogP contribution in [0.25, 0.3) is 0 Å². The molecule has 0 saturated carbocycles. The molecule has 82 valence electrons. The van der Waals surface area contributed by atoms with E-state index in [4.69, 9.17) is 5.26 Å². The number of thiophene rings is 1. The lowest BCUT2D eigenvalue weighted by atomic mass is 10.0. The molecule has 1 rings (SSSR count). The SMILES string of the molecule is CCC(C)(C#N)NS(=O)(=O)c1cccs1. The molecule has 1 atom stereocenters. The lowest BCUT2D eigenvalue weighted by Gasteiger charge is -2.20. The minimum atomic E-state index is -3.55. The van der Waals surface area contributed by atoms with Crippen LogP contribution >= 0.6 is 11.3 Å². The Morgan fingerprint density at radius 1 is 1.67 bits per heavy atom. The summed E-state index contributed by atoms with van der Waals surface area (Å²) in [7, 11) is -3.55. The van der Waals surface area contributed by atoms with Crippen LogP contribution in [0.2, 0.25) is 0 Å². The fraction of sp³-hybridized carbons (Fsp3) is 0.444. The molecule has 1 aromatic rings. The molecule has 6 heteroatoms. The molecule has 0 fully saturated rings. The zero-order chi connectivity index (χ0) is 11.5. The van der Waals surface area contributed by atoms with Crippen LogP contribution in [0.4, 0.5) is 0 Å². The summed E-state index contributed by atoms with van der Waals surface area (Å²) in [5.41, 5.74) is -1.04. The summed E-state index contributed by atoms with van der Waals surface area (Å²) in [5.74, 6) is 0. The average molecular weight is 244 g/mol. The molecule has 0 aliphatic heterocycles. The second-order valence-corrected chi connectivity index (χ2v) is 6.19. The molecule has 0 spiro atoms. The van der Waals surface area contributed by atoms with Crippen LogP contribution in [0, 0.1) is 11.3 Å². The van der Waals surface area contributed by atoms with Gasteiger partial charge in [-0.25, -0.2) is 8.42 Å². The molecule has 0 aromatic carbocycles. The van der Waals surface area contributed by atoms with E-state index in [1.807, 2.05) is 6.07 Å². The molecule has 1 aromatic heterocycles. The first-order chi connectivity index (χ1) is 6.93. The van der Waals surface area contributed by atoms with E-state index in [2.05, 4.69) is 4.72 Å². The fourth-order valence-corrected chi connectivity index (χ4v) is 3.33. The standard InChI is InChI=1S/C9H12N2O2S2/c1-3-9(2,7-10)11-15(12,13)8-5-4-6-14-8/h4-6,11H,3H2,1-2H3. The van der Waals surface area contributed by atoms with Gasteiger partial charge in [0.15, 0.2) is 0 Å². The molecule has 0 radical (unpaired) electrons. The number of sulfonamides is 1. The Morgan fingerprint density at radius 3 is 2.73 bits per heavy atom. The Hall–Kier alpha value is -0.900. The predicted molar refractivity (Wildman–Crippen MR) is 58.9 cm³/mol. The van der Waals surface area contributed by atoms with Gasteiger partial charge in [0.05, 0.1) is 6.07 Å². The molecule has 0 saturated heterocycles. The quantitative estimate of drug-likeness (QED) is 0.876. The first-order valence-electron chi connectivity index (χ1n) is 4.42. The average Bonchev–Trinajstić information content (AvgIpc) is 2.70. The molecule has 1 heterocycles. The van der Waals surface area contributed by atoms with Gasteiger partial charge < -0.3 is 0 Å². The van der Waals surface area contributed by atoms with Crippen molar-refractivity contribution in [1.29, 1.82) is 5.26 Å². The van der Waals surface area contributed by atoms with Gasteiger partial charge in [0.1, 0.15) is 9.75 Å². The van der Waals surface area contributed by atoms with Crippen molar-refractivity contribution in [3.63, 3.8) is 0 Å². The number of rotatable bonds is 4. The summed E-state index contributed by atoms with van der Waals surface area (Å²) < 4.78 is 26.2. The van der Waals surface area contributed by atoms with E-state index in [0.29, 0.717) is 6.42 Å². The fourth-order valence-electron chi connectivity index (χ4n) is 0.937. The van der Waals surface area contributed by atoms with Gasteiger partial charge in [-0.1, -0.05) is 13.0 Å². The third-order valence-electron chi connectivity index (χ3n) is 2.07. The first kappa shape index (κ1) is 12.2. The molecule has 1 N–H and O–H groups in total. The van der Waals surface area contributed by atoms with Crippen LogP contribution < -0.4 is 4.72 Å². The molecule has 0 amide bonds. The van der Waals surface area contributed by atoms with E-state index in [9.17, 15) is 8.42 Å². The van der Waals surface area contributed by atoms with Crippen LogP contribution in [-0.4, -0.2) is 14.0 Å². The van der Waals surface area contributed by atoms with E-state index in [1.165, 1.54) is 6.07 Å². The van der Waals surface area contributed by atoms with Gasteiger partial charge in [0, 0.05) is 0 Å². The van der Waals surface area contributed by atoms with E-state index in [-0.39, 0.29) is 4.21 Å². The predicted octanol–water partition coefficient (Wildman–Crippen LogP) is 1.72. The maximum Gasteiger partial charge on any atom is 0.251 e. The molecule has 0 aliphatic carbocycles. The van der Waals surface area contributed by atoms with Crippen LogP contribution in [0.5, 0.6) is 0 Å². The van der Waals surface area contributed by atoms with Crippen LogP contribution in [-0.2, 0) is 10.0 Å². The minimum Gasteiger partial charge on any atom is -0.206 e. The van der Waals surface area contributed by atoms with Crippen LogP contribution in [0.3, 0.4) is 0 Å². The summed E-state index contributed by atoms with van der Waals surface area (Å²) >= 11 is 1.13. The molecule has 1 unspecified atom stereocenters. The monoisotopic (exact) mass is 244 g/mol. The second-order valence-electron chi connectivity index (χ2n) is 3.34. The van der Waals surface area contributed by atoms with E-state index in [0.717, 1.165) is 11.3 Å². The molecular formula is C9H12N2O2S2. The van der Waals surface area contributed by atoms with Gasteiger partial charge in [0.25, 0.3) is 10.0 Å². The van der Waals surface area contributed by atoms with Crippen molar-refractivity contribution in [1.82, 2.24) is 4.72 Å². The first-order valence-corrected chi connectivity index (χ1v) is 6.78. The lowest BCUT2D eigenvalue weighted by Crippen LogP contribution is -2.43. The van der Waals surface area contributed by atoms with Gasteiger partial charge in [-0.05, 0) is 24.8 Å². The number of hydrogen-bond acceptors (Lipinski definition) is 4. The smallest absolute Gasteiger partial charge is 0.206 e. The highest BCUT2D eigenvalue weighted by Gasteiger charge is 2.29. The summed E-state index contributed by atoms with van der Waals surface area (Å²) in [4.78, 5) is 0. The van der Waals surface area contributed by atoms with Crippen molar-refractivity contribution >= 4 is 21.4 Å². The normalized spacial score (nSPS) is 15.5. The Bertz CT molecular complexity index is 459. The Balaban J connectivity index is 2.97. The Morgan fingerprint density at radius 2 is 2.33 bits per heavy atom. The zero-order valence-electron chi connectivity index (χ0n) is 8.52. The van der Waals surface area contributed by atoms with Crippen molar-refractivity contribution in [3.05, 3.63) is 17.5 Å². The van der Waals surface area contributed by atoms with Crippen molar-refractivity contribution < 1.29 is 8.42 Å². The molecule has 0 aliphatic rings. The largest absolute Gasteiger partial charge is 0.251 e. The van der Waals surface area contributed by atoms with E-state index < -0.39 is 15.6 Å². The van der Waals surface area contributed by atoms with Crippen molar-refractivity contribution in [3.8, 4) is 6.07 Å².